The Labute approximate surface area is 148 Å². The second-order valence-electron chi connectivity index (χ2n) is 5.19. The van der Waals surface area contributed by atoms with E-state index in [0.717, 1.165) is 0 Å². The Bertz CT molecular complexity index is 786. The van der Waals surface area contributed by atoms with E-state index in [1.165, 1.54) is 28.4 Å². The zero-order chi connectivity index (χ0) is 18.2. The molecule has 1 aromatic heterocycles. The first-order valence-electron chi connectivity index (χ1n) is 7.51. The van der Waals surface area contributed by atoms with Gasteiger partial charge in [-0.05, 0) is 23.6 Å². The smallest absolute Gasteiger partial charge is 0.264 e. The lowest BCUT2D eigenvalue weighted by molar-refractivity contribution is -0.121. The molecule has 0 fully saturated rings. The highest BCUT2D eigenvalue weighted by Crippen LogP contribution is 2.17. The molecule has 1 aromatic carbocycles. The van der Waals surface area contributed by atoms with E-state index < -0.39 is 5.82 Å². The zero-order valence-corrected chi connectivity index (χ0v) is 14.4. The van der Waals surface area contributed by atoms with Gasteiger partial charge in [0.1, 0.15) is 17.4 Å². The van der Waals surface area contributed by atoms with Crippen LogP contribution >= 0.6 is 11.3 Å². The summed E-state index contributed by atoms with van der Waals surface area (Å²) >= 11 is 1.32. The fourth-order valence-electron chi connectivity index (χ4n) is 2.12. The lowest BCUT2D eigenvalue weighted by atomic mass is 10.2. The van der Waals surface area contributed by atoms with E-state index >= 15 is 0 Å². The van der Waals surface area contributed by atoms with Crippen LogP contribution in [0.5, 0.6) is 0 Å². The Balaban J connectivity index is 1.75. The average molecular weight is 360 g/mol. The second-order valence-corrected chi connectivity index (χ2v) is 6.14. The monoisotopic (exact) mass is 360 g/mol. The fraction of sp³-hybridized carbons (Fsp3) is 0.235. The minimum absolute atomic E-state index is 0.0554. The van der Waals surface area contributed by atoms with Crippen molar-refractivity contribution in [1.29, 1.82) is 5.26 Å². The largest absolute Gasteiger partial charge is 0.382 e. The van der Waals surface area contributed by atoms with Crippen LogP contribution in [0.1, 0.15) is 15.2 Å². The Morgan fingerprint density at radius 3 is 2.76 bits per heavy atom. The molecule has 2 rings (SSSR count). The Kier molecular flexibility index (Phi) is 6.48. The fourth-order valence-corrected chi connectivity index (χ4v) is 2.83. The summed E-state index contributed by atoms with van der Waals surface area (Å²) in [4.78, 5) is 25.8. The van der Waals surface area contributed by atoms with E-state index in [1.54, 1.807) is 36.7 Å². The first-order valence-corrected chi connectivity index (χ1v) is 8.39. The number of nitriles is 1. The topological polar surface area (TPSA) is 85.2 Å². The van der Waals surface area contributed by atoms with Crippen molar-refractivity contribution < 1.29 is 14.0 Å². The molecule has 6 nitrogen and oxygen atoms in total. The second kappa shape index (κ2) is 8.80. The van der Waals surface area contributed by atoms with Crippen molar-refractivity contribution in [2.24, 2.45) is 0 Å². The van der Waals surface area contributed by atoms with E-state index in [0.29, 0.717) is 17.1 Å². The normalized spacial score (nSPS) is 9.96. The predicted molar refractivity (Wildman–Crippen MR) is 93.9 cm³/mol. The quantitative estimate of drug-likeness (QED) is 0.740. The number of carbonyl (C=O) groups is 2. The van der Waals surface area contributed by atoms with Gasteiger partial charge in [-0.25, -0.2) is 4.39 Å². The first-order chi connectivity index (χ1) is 12.0. The summed E-state index contributed by atoms with van der Waals surface area (Å²) in [6.07, 6.45) is 0. The molecule has 25 heavy (non-hydrogen) atoms. The van der Waals surface area contributed by atoms with Crippen LogP contribution in [0.15, 0.2) is 35.7 Å². The van der Waals surface area contributed by atoms with Crippen molar-refractivity contribution in [1.82, 2.24) is 10.2 Å². The van der Waals surface area contributed by atoms with Crippen LogP contribution < -0.4 is 10.6 Å². The van der Waals surface area contributed by atoms with Crippen LogP contribution in [-0.4, -0.2) is 43.4 Å². The number of nitrogens with one attached hydrogen (secondary N) is 2. The van der Waals surface area contributed by atoms with Crippen molar-refractivity contribution >= 4 is 28.8 Å². The highest BCUT2D eigenvalue weighted by Gasteiger charge is 2.15. The van der Waals surface area contributed by atoms with E-state index in [2.05, 4.69) is 10.6 Å². The van der Waals surface area contributed by atoms with Gasteiger partial charge in [-0.15, -0.1) is 11.3 Å². The summed E-state index contributed by atoms with van der Waals surface area (Å²) in [6, 6.07) is 9.59. The number of amides is 2. The SMILES string of the molecule is CN(CC(=O)NCCNc1cccc(F)c1C#N)C(=O)c1cccs1. The van der Waals surface area contributed by atoms with Crippen molar-refractivity contribution in [2.75, 3.05) is 32.0 Å². The maximum atomic E-state index is 13.5. The lowest BCUT2D eigenvalue weighted by Crippen LogP contribution is -2.39. The number of halogens is 1. The summed E-state index contributed by atoms with van der Waals surface area (Å²) in [7, 11) is 1.56. The molecule has 0 atom stereocenters. The molecule has 0 radical (unpaired) electrons. The molecule has 0 spiro atoms. The highest BCUT2D eigenvalue weighted by molar-refractivity contribution is 7.12. The number of benzene rings is 1. The third-order valence-corrected chi connectivity index (χ3v) is 4.21. The molecule has 2 aromatic rings. The summed E-state index contributed by atoms with van der Waals surface area (Å²) in [6.45, 7) is 0.549. The number of hydrogen-bond donors (Lipinski definition) is 2. The summed E-state index contributed by atoms with van der Waals surface area (Å²) in [5, 5.41) is 16.3. The van der Waals surface area contributed by atoms with Gasteiger partial charge in [0, 0.05) is 20.1 Å². The van der Waals surface area contributed by atoms with E-state index in [9.17, 15) is 14.0 Å². The van der Waals surface area contributed by atoms with Gasteiger partial charge in [-0.2, -0.15) is 5.26 Å². The van der Waals surface area contributed by atoms with Gasteiger partial charge in [0.25, 0.3) is 5.91 Å². The summed E-state index contributed by atoms with van der Waals surface area (Å²) in [5.41, 5.74) is 0.317. The maximum Gasteiger partial charge on any atom is 0.264 e. The van der Waals surface area contributed by atoms with Crippen LogP contribution in [0.3, 0.4) is 0 Å². The first kappa shape index (κ1) is 18.4. The number of carbonyl (C=O) groups excluding carboxylic acids is 2. The lowest BCUT2D eigenvalue weighted by Gasteiger charge is -2.16. The third-order valence-electron chi connectivity index (χ3n) is 3.35. The summed E-state index contributed by atoms with van der Waals surface area (Å²) in [5.74, 6) is -1.10. The van der Waals surface area contributed by atoms with Crippen LogP contribution in [-0.2, 0) is 4.79 Å². The molecular weight excluding hydrogens is 343 g/mol. The maximum absolute atomic E-state index is 13.5. The van der Waals surface area contributed by atoms with Gasteiger partial charge in [-0.3, -0.25) is 9.59 Å². The van der Waals surface area contributed by atoms with Gasteiger partial charge in [0.15, 0.2) is 0 Å². The van der Waals surface area contributed by atoms with Crippen molar-refractivity contribution in [2.45, 2.75) is 0 Å². The van der Waals surface area contributed by atoms with Gasteiger partial charge >= 0.3 is 0 Å². The van der Waals surface area contributed by atoms with Crippen LogP contribution in [0, 0.1) is 17.1 Å². The third kappa shape index (κ3) is 5.02. The molecular formula is C17H17FN4O2S. The Hall–Kier alpha value is -2.92. The molecule has 0 saturated carbocycles. The predicted octanol–water partition coefficient (Wildman–Crippen LogP) is 2.06. The number of likely N-dealkylation sites (N-methyl/N-ethyl adjacent to an activating group) is 1. The van der Waals surface area contributed by atoms with Gasteiger partial charge in [0.2, 0.25) is 5.91 Å². The molecule has 1 heterocycles. The molecule has 2 amide bonds. The van der Waals surface area contributed by atoms with Crippen molar-refractivity contribution in [3.8, 4) is 6.07 Å². The molecule has 0 aliphatic carbocycles. The number of thiophene rings is 1. The molecule has 0 aliphatic rings. The molecule has 0 aliphatic heterocycles. The minimum atomic E-state index is -0.592. The van der Waals surface area contributed by atoms with Crippen molar-refractivity contribution in [3.63, 3.8) is 0 Å². The number of anilines is 1. The highest BCUT2D eigenvalue weighted by atomic mass is 32.1. The number of rotatable bonds is 7. The molecule has 0 bridgehead atoms. The van der Waals surface area contributed by atoms with E-state index in [4.69, 9.17) is 5.26 Å². The molecule has 130 valence electrons. The Morgan fingerprint density at radius 1 is 1.28 bits per heavy atom. The van der Waals surface area contributed by atoms with Crippen LogP contribution in [0.2, 0.25) is 0 Å². The van der Waals surface area contributed by atoms with Crippen LogP contribution in [0.4, 0.5) is 10.1 Å². The van der Waals surface area contributed by atoms with E-state index in [-0.39, 0.29) is 30.5 Å². The average Bonchev–Trinajstić information content (AvgIpc) is 3.12. The molecule has 8 heteroatoms. The minimum Gasteiger partial charge on any atom is -0.382 e. The molecule has 0 saturated heterocycles. The molecule has 2 N–H and O–H groups in total. The number of nitrogens with zero attached hydrogens (tertiary/aromatic N) is 2. The van der Waals surface area contributed by atoms with Gasteiger partial charge < -0.3 is 15.5 Å². The summed E-state index contributed by atoms with van der Waals surface area (Å²) < 4.78 is 13.5. The standard InChI is InChI=1S/C17H17FN4O2S/c1-22(17(24)15-6-3-9-25-15)11-16(23)21-8-7-20-14-5-2-4-13(18)12(14)10-19/h2-6,9,20H,7-8,11H2,1H3,(H,21,23). The molecule has 0 unspecified atom stereocenters. The van der Waals surface area contributed by atoms with Crippen LogP contribution in [0.25, 0.3) is 0 Å². The zero-order valence-electron chi connectivity index (χ0n) is 13.6. The van der Waals surface area contributed by atoms with E-state index in [1.807, 2.05) is 0 Å². The van der Waals surface area contributed by atoms with Gasteiger partial charge in [-0.1, -0.05) is 12.1 Å². The van der Waals surface area contributed by atoms with Gasteiger partial charge in [0.05, 0.1) is 17.1 Å². The van der Waals surface area contributed by atoms with Crippen molar-refractivity contribution in [3.05, 3.63) is 52.0 Å². The Morgan fingerprint density at radius 2 is 2.08 bits per heavy atom. The number of hydrogen-bond acceptors (Lipinski definition) is 5.